The molecule has 2 aliphatic heterocycles. The minimum absolute atomic E-state index is 0.253. The van der Waals surface area contributed by atoms with E-state index in [1.54, 1.807) is 12.1 Å². The van der Waals surface area contributed by atoms with Gasteiger partial charge in [-0.2, -0.15) is 0 Å². The monoisotopic (exact) mass is 616 g/mol. The lowest BCUT2D eigenvalue weighted by Crippen LogP contribution is -2.46. The largest absolute Gasteiger partial charge is 0.382 e. The highest BCUT2D eigenvalue weighted by atomic mass is 19.1. The summed E-state index contributed by atoms with van der Waals surface area (Å²) < 4.78 is 15.7. The molecule has 7 heteroatoms. The third-order valence-corrected chi connectivity index (χ3v) is 10.1. The van der Waals surface area contributed by atoms with Gasteiger partial charge < -0.3 is 19.5 Å². The van der Waals surface area contributed by atoms with Crippen LogP contribution in [0, 0.1) is 11.2 Å². The summed E-state index contributed by atoms with van der Waals surface area (Å²) in [6.07, 6.45) is 3.48. The van der Waals surface area contributed by atoms with Gasteiger partial charge in [-0.1, -0.05) is 84.9 Å². The first kappa shape index (κ1) is 30.3. The lowest BCUT2D eigenvalue weighted by molar-refractivity contribution is -0.137. The van der Waals surface area contributed by atoms with E-state index in [-0.39, 0.29) is 11.7 Å². The van der Waals surface area contributed by atoms with Gasteiger partial charge in [0.05, 0.1) is 16.4 Å². The average Bonchev–Trinajstić information content (AvgIpc) is 3.60. The van der Waals surface area contributed by atoms with Crippen molar-refractivity contribution in [2.24, 2.45) is 5.41 Å². The van der Waals surface area contributed by atoms with Gasteiger partial charge in [0.2, 0.25) is 5.91 Å². The Bertz CT molecular complexity index is 1780. The van der Waals surface area contributed by atoms with Crippen LogP contribution in [0.4, 0.5) is 4.39 Å². The number of hydrogen-bond donors (Lipinski definition) is 1. The number of carbonyl (C=O) groups is 1. The van der Waals surface area contributed by atoms with Crippen molar-refractivity contribution in [1.29, 1.82) is 0 Å². The van der Waals surface area contributed by atoms with E-state index in [4.69, 9.17) is 4.98 Å². The van der Waals surface area contributed by atoms with E-state index in [0.29, 0.717) is 31.8 Å². The number of likely N-dealkylation sites (tertiary alicyclic amines) is 2. The Kier molecular flexibility index (Phi) is 8.45. The number of hydrogen-bond acceptors (Lipinski definition) is 4. The van der Waals surface area contributed by atoms with Gasteiger partial charge in [-0.3, -0.25) is 4.79 Å². The summed E-state index contributed by atoms with van der Waals surface area (Å²) in [6, 6.07) is 35.1. The number of piperidine rings is 1. The topological polar surface area (TPSA) is 61.6 Å². The van der Waals surface area contributed by atoms with Crippen molar-refractivity contribution in [3.8, 4) is 0 Å². The zero-order valence-corrected chi connectivity index (χ0v) is 26.2. The van der Waals surface area contributed by atoms with Crippen molar-refractivity contribution in [2.75, 3.05) is 26.2 Å². The summed E-state index contributed by atoms with van der Waals surface area (Å²) in [5.41, 5.74) is 3.61. The molecule has 0 aliphatic carbocycles. The molecule has 0 saturated carbocycles. The SMILES string of the molecule is O=C1N(Cc2ccccc2)CCC1(CCN1CCC(O)(c2nc3ccccc3n2Cc2ccc(F)cc2)CC1)Cc1ccccc1. The number of halogens is 1. The Labute approximate surface area is 270 Å². The lowest BCUT2D eigenvalue weighted by atomic mass is 9.77. The van der Waals surface area contributed by atoms with E-state index in [0.717, 1.165) is 67.6 Å². The number of carbonyl (C=O) groups excluding carboxylic acids is 1. The number of nitrogens with zero attached hydrogens (tertiary/aromatic N) is 4. The van der Waals surface area contributed by atoms with Crippen LogP contribution in [0.1, 0.15) is 48.2 Å². The Morgan fingerprint density at radius 3 is 2.07 bits per heavy atom. The second-order valence-corrected chi connectivity index (χ2v) is 13.2. The van der Waals surface area contributed by atoms with Crippen LogP contribution in [0.25, 0.3) is 11.0 Å². The Morgan fingerprint density at radius 2 is 1.35 bits per heavy atom. The van der Waals surface area contributed by atoms with E-state index in [1.807, 2.05) is 53.4 Å². The van der Waals surface area contributed by atoms with Crippen molar-refractivity contribution < 1.29 is 14.3 Å². The zero-order chi connectivity index (χ0) is 31.6. The highest BCUT2D eigenvalue weighted by molar-refractivity contribution is 5.85. The van der Waals surface area contributed by atoms with Gasteiger partial charge in [-0.05, 0) is 79.6 Å². The second-order valence-electron chi connectivity index (χ2n) is 13.2. The van der Waals surface area contributed by atoms with E-state index in [9.17, 15) is 14.3 Å². The predicted molar refractivity (Wildman–Crippen MR) is 178 cm³/mol. The van der Waals surface area contributed by atoms with Crippen LogP contribution in [0.3, 0.4) is 0 Å². The number of benzene rings is 4. The van der Waals surface area contributed by atoms with Crippen molar-refractivity contribution in [3.05, 3.63) is 138 Å². The van der Waals surface area contributed by atoms with Crippen molar-refractivity contribution >= 4 is 16.9 Å². The minimum Gasteiger partial charge on any atom is -0.382 e. The molecule has 1 N–H and O–H groups in total. The van der Waals surface area contributed by atoms with Crippen LogP contribution in [0.15, 0.2) is 109 Å². The molecule has 1 aromatic heterocycles. The standard InChI is InChI=1S/C39H41FN4O2/c40-33-17-15-32(16-18-33)29-44-35-14-8-7-13-34(35)41-36(44)39(46)21-24-42(25-22-39)23-19-38(27-30-9-3-1-4-10-30)20-26-43(37(38)45)28-31-11-5-2-6-12-31/h1-18,46H,19-29H2. The minimum atomic E-state index is -1.08. The Hall–Kier alpha value is -4.33. The summed E-state index contributed by atoms with van der Waals surface area (Å²) in [6.45, 7) is 4.17. The molecule has 2 fully saturated rings. The quantitative estimate of drug-likeness (QED) is 0.193. The molecule has 6 nitrogen and oxygen atoms in total. The van der Waals surface area contributed by atoms with Crippen molar-refractivity contribution in [2.45, 2.75) is 50.8 Å². The molecule has 1 atom stereocenters. The predicted octanol–water partition coefficient (Wildman–Crippen LogP) is 6.56. The highest BCUT2D eigenvalue weighted by Gasteiger charge is 2.47. The summed E-state index contributed by atoms with van der Waals surface area (Å²) in [5.74, 6) is 0.656. The van der Waals surface area contributed by atoms with Crippen LogP contribution in [-0.2, 0) is 29.9 Å². The zero-order valence-electron chi connectivity index (χ0n) is 26.2. The van der Waals surface area contributed by atoms with Gasteiger partial charge >= 0.3 is 0 Å². The molecule has 7 rings (SSSR count). The molecule has 5 aromatic rings. The number of rotatable bonds is 10. The van der Waals surface area contributed by atoms with E-state index >= 15 is 0 Å². The van der Waals surface area contributed by atoms with Crippen LogP contribution in [0.5, 0.6) is 0 Å². The summed E-state index contributed by atoms with van der Waals surface area (Å²) in [4.78, 5) is 23.5. The molecule has 46 heavy (non-hydrogen) atoms. The van der Waals surface area contributed by atoms with Gasteiger partial charge in [-0.25, -0.2) is 9.37 Å². The Morgan fingerprint density at radius 1 is 0.717 bits per heavy atom. The third-order valence-electron chi connectivity index (χ3n) is 10.1. The first-order valence-corrected chi connectivity index (χ1v) is 16.4. The van der Waals surface area contributed by atoms with E-state index in [1.165, 1.54) is 17.7 Å². The van der Waals surface area contributed by atoms with Crippen LogP contribution < -0.4 is 0 Å². The van der Waals surface area contributed by atoms with Crippen molar-refractivity contribution in [1.82, 2.24) is 19.4 Å². The second kappa shape index (κ2) is 12.8. The Balaban J connectivity index is 1.06. The molecule has 1 amide bonds. The number of para-hydroxylation sites is 2. The number of amides is 1. The summed E-state index contributed by atoms with van der Waals surface area (Å²) in [7, 11) is 0. The molecule has 1 unspecified atom stereocenters. The smallest absolute Gasteiger partial charge is 0.229 e. The van der Waals surface area contributed by atoms with Gasteiger partial charge in [0.1, 0.15) is 17.2 Å². The molecule has 0 radical (unpaired) electrons. The van der Waals surface area contributed by atoms with E-state index in [2.05, 4.69) is 45.9 Å². The number of fused-ring (bicyclic) bond motifs is 1. The number of aliphatic hydroxyl groups is 1. The van der Waals surface area contributed by atoms with Crippen LogP contribution >= 0.6 is 0 Å². The maximum atomic E-state index is 14.1. The fraction of sp³-hybridized carbons (Fsp3) is 0.333. The molecular weight excluding hydrogens is 575 g/mol. The molecular formula is C39H41FN4O2. The molecule has 4 aromatic carbocycles. The first-order valence-electron chi connectivity index (χ1n) is 16.4. The number of aromatic nitrogens is 2. The third kappa shape index (κ3) is 6.22. The lowest BCUT2D eigenvalue weighted by Gasteiger charge is -2.39. The summed E-state index contributed by atoms with van der Waals surface area (Å²) >= 11 is 0. The molecule has 2 saturated heterocycles. The van der Waals surface area contributed by atoms with Gasteiger partial charge in [0.25, 0.3) is 0 Å². The highest BCUT2D eigenvalue weighted by Crippen LogP contribution is 2.41. The summed E-state index contributed by atoms with van der Waals surface area (Å²) in [5, 5.41) is 12.1. The molecule has 2 aliphatic rings. The van der Waals surface area contributed by atoms with Gasteiger partial charge in [-0.15, -0.1) is 0 Å². The maximum Gasteiger partial charge on any atom is 0.229 e. The molecule has 3 heterocycles. The van der Waals surface area contributed by atoms with Gasteiger partial charge in [0, 0.05) is 32.7 Å². The van der Waals surface area contributed by atoms with Gasteiger partial charge in [0.15, 0.2) is 0 Å². The van der Waals surface area contributed by atoms with Crippen LogP contribution in [0.2, 0.25) is 0 Å². The fourth-order valence-corrected chi connectivity index (χ4v) is 7.42. The molecule has 236 valence electrons. The van der Waals surface area contributed by atoms with E-state index < -0.39 is 11.0 Å². The maximum absolute atomic E-state index is 14.1. The normalized spacial score (nSPS) is 20.0. The first-order chi connectivity index (χ1) is 22.4. The molecule has 0 bridgehead atoms. The fourth-order valence-electron chi connectivity index (χ4n) is 7.42. The average molecular weight is 617 g/mol. The van der Waals surface area contributed by atoms with Crippen molar-refractivity contribution in [3.63, 3.8) is 0 Å². The number of imidazole rings is 1. The molecule has 0 spiro atoms. The van der Waals surface area contributed by atoms with Crippen LogP contribution in [-0.4, -0.2) is 56.5 Å².